The maximum atomic E-state index is 12.4. The molecule has 0 aromatic carbocycles. The number of nitrogens with zero attached hydrogens (tertiary/aromatic N) is 2. The number of hydrogen-bond acceptors (Lipinski definition) is 5. The maximum absolute atomic E-state index is 12.4. The SMILES string of the molecule is CC(NC(=O)N1CCOCC1(C)C)c1nc(C(=O)O)cs1. The van der Waals surface area contributed by atoms with Gasteiger partial charge in [-0.05, 0) is 20.8 Å². The lowest BCUT2D eigenvalue weighted by molar-refractivity contribution is -0.0282. The molecule has 7 nitrogen and oxygen atoms in total. The Morgan fingerprint density at radius 2 is 2.29 bits per heavy atom. The predicted octanol–water partition coefficient (Wildman–Crippen LogP) is 1.72. The van der Waals surface area contributed by atoms with Gasteiger partial charge in [-0.2, -0.15) is 0 Å². The Balaban J connectivity index is 2.02. The zero-order chi connectivity index (χ0) is 15.6. The van der Waals surface area contributed by atoms with E-state index in [9.17, 15) is 9.59 Å². The molecule has 1 saturated heterocycles. The average Bonchev–Trinajstić information content (AvgIpc) is 2.87. The number of thiazole rings is 1. The van der Waals surface area contributed by atoms with Crippen LogP contribution in [-0.4, -0.2) is 52.3 Å². The third-order valence-electron chi connectivity index (χ3n) is 3.34. The summed E-state index contributed by atoms with van der Waals surface area (Å²) in [4.78, 5) is 28.9. The van der Waals surface area contributed by atoms with Crippen LogP contribution in [0, 0.1) is 0 Å². The van der Waals surface area contributed by atoms with E-state index < -0.39 is 5.97 Å². The monoisotopic (exact) mass is 313 g/mol. The molecule has 1 aromatic rings. The van der Waals surface area contributed by atoms with Crippen molar-refractivity contribution in [3.05, 3.63) is 16.1 Å². The van der Waals surface area contributed by atoms with Gasteiger partial charge in [0, 0.05) is 11.9 Å². The number of aromatic nitrogens is 1. The summed E-state index contributed by atoms with van der Waals surface area (Å²) in [6, 6.07) is -0.530. The van der Waals surface area contributed by atoms with Gasteiger partial charge in [-0.25, -0.2) is 14.6 Å². The van der Waals surface area contributed by atoms with Crippen molar-refractivity contribution in [1.82, 2.24) is 15.2 Å². The number of aromatic carboxylic acids is 1. The number of carbonyl (C=O) groups is 2. The van der Waals surface area contributed by atoms with E-state index >= 15 is 0 Å². The fourth-order valence-electron chi connectivity index (χ4n) is 2.14. The lowest BCUT2D eigenvalue weighted by atomic mass is 10.0. The van der Waals surface area contributed by atoms with Crippen LogP contribution in [0.3, 0.4) is 0 Å². The first-order valence-corrected chi connectivity index (χ1v) is 7.54. The van der Waals surface area contributed by atoms with Crippen molar-refractivity contribution in [3.8, 4) is 0 Å². The molecule has 2 rings (SSSR count). The summed E-state index contributed by atoms with van der Waals surface area (Å²) in [6.45, 7) is 7.23. The fourth-order valence-corrected chi connectivity index (χ4v) is 2.94. The predicted molar refractivity (Wildman–Crippen MR) is 77.6 cm³/mol. The van der Waals surface area contributed by atoms with Crippen LogP contribution in [0.4, 0.5) is 4.79 Å². The molecule has 0 spiro atoms. The van der Waals surface area contributed by atoms with E-state index in [1.807, 2.05) is 13.8 Å². The van der Waals surface area contributed by atoms with Crippen LogP contribution in [0.15, 0.2) is 5.38 Å². The second-order valence-electron chi connectivity index (χ2n) is 5.56. The summed E-state index contributed by atoms with van der Waals surface area (Å²) in [7, 11) is 0. The molecule has 0 aliphatic carbocycles. The third kappa shape index (κ3) is 3.51. The molecule has 116 valence electrons. The first-order valence-electron chi connectivity index (χ1n) is 6.66. The Hall–Kier alpha value is -1.67. The van der Waals surface area contributed by atoms with E-state index in [2.05, 4.69) is 10.3 Å². The molecule has 2 amide bonds. The van der Waals surface area contributed by atoms with E-state index in [1.54, 1.807) is 11.8 Å². The van der Waals surface area contributed by atoms with Crippen molar-refractivity contribution >= 4 is 23.3 Å². The van der Waals surface area contributed by atoms with Gasteiger partial charge < -0.3 is 20.1 Å². The summed E-state index contributed by atoms with van der Waals surface area (Å²) in [5.41, 5.74) is -0.361. The number of urea groups is 1. The van der Waals surface area contributed by atoms with Crippen LogP contribution in [0.5, 0.6) is 0 Å². The van der Waals surface area contributed by atoms with E-state index in [0.29, 0.717) is 24.8 Å². The Kier molecular flexibility index (Phi) is 4.48. The molecule has 1 aliphatic heterocycles. The summed E-state index contributed by atoms with van der Waals surface area (Å²) in [5, 5.41) is 13.8. The van der Waals surface area contributed by atoms with Crippen molar-refractivity contribution in [2.24, 2.45) is 0 Å². The van der Waals surface area contributed by atoms with Crippen molar-refractivity contribution in [1.29, 1.82) is 0 Å². The number of carboxylic acid groups (broad SMARTS) is 1. The van der Waals surface area contributed by atoms with E-state index in [0.717, 1.165) is 0 Å². The Labute approximate surface area is 126 Å². The highest BCUT2D eigenvalue weighted by molar-refractivity contribution is 7.09. The minimum absolute atomic E-state index is 0.00259. The minimum atomic E-state index is -1.06. The normalized spacial score (nSPS) is 19.1. The third-order valence-corrected chi connectivity index (χ3v) is 4.37. The van der Waals surface area contributed by atoms with Gasteiger partial charge in [-0.3, -0.25) is 0 Å². The number of rotatable bonds is 3. The van der Waals surface area contributed by atoms with Crippen LogP contribution < -0.4 is 5.32 Å². The van der Waals surface area contributed by atoms with Gasteiger partial charge in [-0.15, -0.1) is 11.3 Å². The first kappa shape index (κ1) is 15.7. The summed E-state index contributed by atoms with van der Waals surface area (Å²) >= 11 is 1.22. The Morgan fingerprint density at radius 3 is 2.86 bits per heavy atom. The van der Waals surface area contributed by atoms with Crippen LogP contribution in [0.1, 0.15) is 42.3 Å². The van der Waals surface area contributed by atoms with Crippen molar-refractivity contribution < 1.29 is 19.4 Å². The van der Waals surface area contributed by atoms with Crippen LogP contribution in [0.25, 0.3) is 0 Å². The van der Waals surface area contributed by atoms with E-state index in [-0.39, 0.29) is 23.3 Å². The molecule has 1 fully saturated rings. The lowest BCUT2D eigenvalue weighted by Crippen LogP contribution is -2.58. The smallest absolute Gasteiger partial charge is 0.355 e. The number of carboxylic acids is 1. The second kappa shape index (κ2) is 5.98. The topological polar surface area (TPSA) is 91.8 Å². The highest BCUT2D eigenvalue weighted by Crippen LogP contribution is 2.22. The van der Waals surface area contributed by atoms with Crippen LogP contribution >= 0.6 is 11.3 Å². The molecular formula is C13H19N3O4S. The Bertz CT molecular complexity index is 543. The molecule has 0 saturated carbocycles. The average molecular weight is 313 g/mol. The second-order valence-corrected chi connectivity index (χ2v) is 6.45. The molecule has 0 radical (unpaired) electrons. The molecule has 1 unspecified atom stereocenters. The molecule has 1 aliphatic rings. The first-order chi connectivity index (χ1) is 9.81. The number of carbonyl (C=O) groups excluding carboxylic acids is 1. The zero-order valence-corrected chi connectivity index (χ0v) is 13.1. The van der Waals surface area contributed by atoms with Crippen molar-refractivity contribution in [2.45, 2.75) is 32.4 Å². The largest absolute Gasteiger partial charge is 0.476 e. The fraction of sp³-hybridized carbons (Fsp3) is 0.615. The quantitative estimate of drug-likeness (QED) is 0.886. The molecule has 1 atom stereocenters. The zero-order valence-electron chi connectivity index (χ0n) is 12.3. The summed E-state index contributed by atoms with van der Waals surface area (Å²) in [5.74, 6) is -1.06. The maximum Gasteiger partial charge on any atom is 0.355 e. The Morgan fingerprint density at radius 1 is 1.57 bits per heavy atom. The van der Waals surface area contributed by atoms with Gasteiger partial charge in [0.2, 0.25) is 0 Å². The van der Waals surface area contributed by atoms with Crippen molar-refractivity contribution in [3.63, 3.8) is 0 Å². The molecule has 1 aromatic heterocycles. The molecule has 2 heterocycles. The van der Waals surface area contributed by atoms with Gasteiger partial charge in [-0.1, -0.05) is 0 Å². The van der Waals surface area contributed by atoms with E-state index in [4.69, 9.17) is 9.84 Å². The van der Waals surface area contributed by atoms with Gasteiger partial charge in [0.1, 0.15) is 5.01 Å². The molecule has 0 bridgehead atoms. The van der Waals surface area contributed by atoms with Gasteiger partial charge in [0.15, 0.2) is 5.69 Å². The lowest BCUT2D eigenvalue weighted by Gasteiger charge is -2.42. The number of ether oxygens (including phenoxy) is 1. The van der Waals surface area contributed by atoms with Crippen molar-refractivity contribution in [2.75, 3.05) is 19.8 Å². The number of morpholine rings is 1. The van der Waals surface area contributed by atoms with Gasteiger partial charge in [0.05, 0.1) is 24.8 Å². The van der Waals surface area contributed by atoms with Gasteiger partial charge in [0.25, 0.3) is 0 Å². The number of nitrogens with one attached hydrogen (secondary N) is 1. The van der Waals surface area contributed by atoms with Gasteiger partial charge >= 0.3 is 12.0 Å². The number of hydrogen-bond donors (Lipinski definition) is 2. The highest BCUT2D eigenvalue weighted by atomic mass is 32.1. The van der Waals surface area contributed by atoms with Crippen LogP contribution in [0.2, 0.25) is 0 Å². The molecular weight excluding hydrogens is 294 g/mol. The highest BCUT2D eigenvalue weighted by Gasteiger charge is 2.34. The summed E-state index contributed by atoms with van der Waals surface area (Å²) < 4.78 is 5.39. The molecule has 21 heavy (non-hydrogen) atoms. The minimum Gasteiger partial charge on any atom is -0.476 e. The standard InChI is InChI=1S/C13H19N3O4S/c1-8(10-15-9(6-21-10)11(17)18)14-12(19)16-4-5-20-7-13(16,2)3/h6,8H,4-5,7H2,1-3H3,(H,14,19)(H,17,18). The van der Waals surface area contributed by atoms with Crippen LogP contribution in [-0.2, 0) is 4.74 Å². The van der Waals surface area contributed by atoms with E-state index in [1.165, 1.54) is 16.7 Å². The number of amides is 2. The molecule has 2 N–H and O–H groups in total. The molecule has 8 heteroatoms. The summed E-state index contributed by atoms with van der Waals surface area (Å²) in [6.07, 6.45) is 0.